The van der Waals surface area contributed by atoms with E-state index in [0.717, 1.165) is 38.0 Å². The summed E-state index contributed by atoms with van der Waals surface area (Å²) in [5.41, 5.74) is 3.77. The lowest BCUT2D eigenvalue weighted by Gasteiger charge is -2.28. The summed E-state index contributed by atoms with van der Waals surface area (Å²) in [6.45, 7) is 7.26. The second-order valence-corrected chi connectivity index (χ2v) is 5.81. The van der Waals surface area contributed by atoms with E-state index in [1.54, 1.807) is 0 Å². The van der Waals surface area contributed by atoms with Crippen LogP contribution in [0.3, 0.4) is 0 Å². The first-order valence-corrected chi connectivity index (χ1v) is 7.28. The summed E-state index contributed by atoms with van der Waals surface area (Å²) in [6.07, 6.45) is 3.11. The van der Waals surface area contributed by atoms with Crippen molar-refractivity contribution < 1.29 is 9.90 Å². The first-order valence-electron chi connectivity index (χ1n) is 7.28. The van der Waals surface area contributed by atoms with E-state index in [1.165, 1.54) is 17.2 Å². The Bertz CT molecular complexity index is 478. The van der Waals surface area contributed by atoms with Crippen molar-refractivity contribution >= 4 is 5.97 Å². The molecule has 1 N–H and O–H groups in total. The molecule has 0 unspecified atom stereocenters. The second-order valence-electron chi connectivity index (χ2n) is 5.81. The van der Waals surface area contributed by atoms with Crippen LogP contribution in [0.25, 0.3) is 0 Å². The molecule has 0 saturated carbocycles. The summed E-state index contributed by atoms with van der Waals surface area (Å²) < 4.78 is 0. The molecule has 0 amide bonds. The lowest BCUT2D eigenvalue weighted by atomic mass is 10.0. The molecule has 108 valence electrons. The van der Waals surface area contributed by atoms with Crippen LogP contribution in [0.4, 0.5) is 0 Å². The third-order valence-corrected chi connectivity index (χ3v) is 3.88. The molecule has 1 saturated heterocycles. The highest BCUT2D eigenvalue weighted by molar-refractivity contribution is 5.80. The average Bonchev–Trinajstić information content (AvgIpc) is 2.41. The van der Waals surface area contributed by atoms with Crippen molar-refractivity contribution in [3.8, 4) is 0 Å². The summed E-state index contributed by atoms with van der Waals surface area (Å²) >= 11 is 0. The Hall–Kier alpha value is -1.61. The number of nitrogens with zero attached hydrogens (tertiary/aromatic N) is 1. The fourth-order valence-corrected chi connectivity index (χ4v) is 2.58. The van der Waals surface area contributed by atoms with E-state index in [4.69, 9.17) is 5.11 Å². The van der Waals surface area contributed by atoms with Gasteiger partial charge in [-0.3, -0.25) is 4.90 Å². The van der Waals surface area contributed by atoms with Crippen LogP contribution in [0, 0.1) is 0 Å². The van der Waals surface area contributed by atoms with Gasteiger partial charge in [0.05, 0.1) is 0 Å². The van der Waals surface area contributed by atoms with Crippen LogP contribution in [0.1, 0.15) is 43.7 Å². The molecule has 0 atom stereocenters. The molecule has 1 fully saturated rings. The van der Waals surface area contributed by atoms with Crippen LogP contribution in [-0.4, -0.2) is 29.1 Å². The largest absolute Gasteiger partial charge is 0.478 e. The van der Waals surface area contributed by atoms with Gasteiger partial charge in [0.1, 0.15) is 0 Å². The van der Waals surface area contributed by atoms with Crippen molar-refractivity contribution in [3.63, 3.8) is 0 Å². The number of carboxylic acid groups (broad SMARTS) is 1. The zero-order valence-electron chi connectivity index (χ0n) is 12.3. The predicted octanol–water partition coefficient (Wildman–Crippen LogP) is 3.42. The van der Waals surface area contributed by atoms with Gasteiger partial charge in [0.25, 0.3) is 0 Å². The molecule has 3 heteroatoms. The maximum Gasteiger partial charge on any atom is 0.328 e. The highest BCUT2D eigenvalue weighted by atomic mass is 16.4. The number of rotatable bonds is 4. The molecule has 0 spiro atoms. The molecular weight excluding hydrogens is 250 g/mol. The van der Waals surface area contributed by atoms with E-state index >= 15 is 0 Å². The Kier molecular flexibility index (Phi) is 4.96. The fourth-order valence-electron chi connectivity index (χ4n) is 2.58. The molecule has 1 aromatic rings. The number of piperidine rings is 1. The van der Waals surface area contributed by atoms with Gasteiger partial charge in [-0.2, -0.15) is 0 Å². The van der Waals surface area contributed by atoms with E-state index in [1.807, 2.05) is 0 Å². The van der Waals surface area contributed by atoms with E-state index in [0.29, 0.717) is 5.92 Å². The van der Waals surface area contributed by atoms with Gasteiger partial charge in [-0.25, -0.2) is 4.79 Å². The minimum Gasteiger partial charge on any atom is -0.478 e. The van der Waals surface area contributed by atoms with Crippen molar-refractivity contribution in [2.75, 3.05) is 13.1 Å². The summed E-state index contributed by atoms with van der Waals surface area (Å²) in [7, 11) is 0. The van der Waals surface area contributed by atoms with Gasteiger partial charge in [0, 0.05) is 25.7 Å². The highest BCUT2D eigenvalue weighted by Crippen LogP contribution is 2.19. The van der Waals surface area contributed by atoms with Crippen molar-refractivity contribution in [2.45, 2.75) is 39.2 Å². The molecule has 3 nitrogen and oxygen atoms in total. The average molecular weight is 273 g/mol. The molecule has 1 aromatic carbocycles. The number of hydrogen-bond acceptors (Lipinski definition) is 2. The molecule has 1 aliphatic heterocycles. The number of likely N-dealkylation sites (tertiary alicyclic amines) is 1. The van der Waals surface area contributed by atoms with Gasteiger partial charge in [0.15, 0.2) is 0 Å². The molecule has 20 heavy (non-hydrogen) atoms. The first kappa shape index (κ1) is 14.8. The zero-order valence-corrected chi connectivity index (χ0v) is 12.3. The number of carbonyl (C=O) groups is 1. The van der Waals surface area contributed by atoms with Crippen LogP contribution in [0.2, 0.25) is 0 Å². The lowest BCUT2D eigenvalue weighted by Crippen LogP contribution is -2.30. The molecule has 0 aromatic heterocycles. The van der Waals surface area contributed by atoms with E-state index in [9.17, 15) is 4.79 Å². The van der Waals surface area contributed by atoms with Gasteiger partial charge in [-0.05, 0) is 29.9 Å². The zero-order chi connectivity index (χ0) is 14.5. The van der Waals surface area contributed by atoms with Gasteiger partial charge < -0.3 is 5.11 Å². The molecule has 0 radical (unpaired) electrons. The maximum atomic E-state index is 10.6. The Morgan fingerprint density at radius 3 is 2.35 bits per heavy atom. The predicted molar refractivity (Wildman–Crippen MR) is 80.8 cm³/mol. The van der Waals surface area contributed by atoms with Crippen molar-refractivity contribution in [3.05, 3.63) is 47.0 Å². The van der Waals surface area contributed by atoms with Crippen molar-refractivity contribution in [1.82, 2.24) is 4.90 Å². The lowest BCUT2D eigenvalue weighted by molar-refractivity contribution is -0.131. The van der Waals surface area contributed by atoms with Crippen LogP contribution >= 0.6 is 0 Å². The topological polar surface area (TPSA) is 40.5 Å². The number of hydrogen-bond donors (Lipinski definition) is 1. The Morgan fingerprint density at radius 1 is 1.25 bits per heavy atom. The SMILES string of the molecule is CC(C)c1ccc(CN2CCC(=CC(=O)O)CC2)cc1. The standard InChI is InChI=1S/C17H23NO2/c1-13(2)16-5-3-15(4-6-16)12-18-9-7-14(8-10-18)11-17(19)20/h3-6,11,13H,7-10,12H2,1-2H3,(H,19,20). The third-order valence-electron chi connectivity index (χ3n) is 3.88. The van der Waals surface area contributed by atoms with Crippen LogP contribution in [0.15, 0.2) is 35.9 Å². The molecule has 0 bridgehead atoms. The van der Waals surface area contributed by atoms with Crippen LogP contribution in [0.5, 0.6) is 0 Å². The summed E-state index contributed by atoms with van der Waals surface area (Å²) in [5, 5.41) is 8.75. The number of benzene rings is 1. The molecule has 1 aliphatic rings. The van der Waals surface area contributed by atoms with Crippen LogP contribution < -0.4 is 0 Å². The molecular formula is C17H23NO2. The Labute approximate surface area is 120 Å². The summed E-state index contributed by atoms with van der Waals surface area (Å²) in [5.74, 6) is -0.250. The summed E-state index contributed by atoms with van der Waals surface area (Å²) in [6, 6.07) is 8.83. The monoisotopic (exact) mass is 273 g/mol. The quantitative estimate of drug-likeness (QED) is 0.855. The van der Waals surface area contributed by atoms with Crippen molar-refractivity contribution in [2.24, 2.45) is 0 Å². The third kappa shape index (κ3) is 4.20. The second kappa shape index (κ2) is 6.71. The molecule has 1 heterocycles. The van der Waals surface area contributed by atoms with Crippen LogP contribution in [-0.2, 0) is 11.3 Å². The maximum absolute atomic E-state index is 10.6. The Balaban J connectivity index is 1.88. The normalized spacial score (nSPS) is 16.4. The van der Waals surface area contributed by atoms with Gasteiger partial charge >= 0.3 is 5.97 Å². The van der Waals surface area contributed by atoms with Gasteiger partial charge in [0.2, 0.25) is 0 Å². The summed E-state index contributed by atoms with van der Waals surface area (Å²) in [4.78, 5) is 13.0. The fraction of sp³-hybridized carbons (Fsp3) is 0.471. The van der Waals surface area contributed by atoms with Crippen molar-refractivity contribution in [1.29, 1.82) is 0 Å². The smallest absolute Gasteiger partial charge is 0.328 e. The first-order chi connectivity index (χ1) is 9.54. The van der Waals surface area contributed by atoms with E-state index < -0.39 is 5.97 Å². The number of carboxylic acids is 1. The minimum atomic E-state index is -0.822. The van der Waals surface area contributed by atoms with Gasteiger partial charge in [-0.15, -0.1) is 0 Å². The molecule has 0 aliphatic carbocycles. The van der Waals surface area contributed by atoms with E-state index in [2.05, 4.69) is 43.0 Å². The molecule has 2 rings (SSSR count). The highest BCUT2D eigenvalue weighted by Gasteiger charge is 2.14. The minimum absolute atomic E-state index is 0.572. The van der Waals surface area contributed by atoms with Gasteiger partial charge in [-0.1, -0.05) is 43.7 Å². The van der Waals surface area contributed by atoms with E-state index in [-0.39, 0.29) is 0 Å². The Morgan fingerprint density at radius 2 is 1.85 bits per heavy atom. The number of aliphatic carboxylic acids is 1.